The molecule has 87 heavy (non-hydrogen) atoms. The lowest BCUT2D eigenvalue weighted by molar-refractivity contribution is -0.143. The van der Waals surface area contributed by atoms with Gasteiger partial charge in [-0.3, -0.25) is 0 Å². The maximum absolute atomic E-state index is 14.2. The Morgan fingerprint density at radius 2 is 1.07 bits per heavy atom. The van der Waals surface area contributed by atoms with Gasteiger partial charge in [-0.25, -0.2) is 37.1 Å². The van der Waals surface area contributed by atoms with E-state index >= 15 is 0 Å². The molecule has 0 spiro atoms. The number of carbonyl (C=O) groups excluding carboxylic acids is 2. The number of pyridine rings is 2. The number of urea groups is 2. The van der Waals surface area contributed by atoms with Crippen LogP contribution in [0.2, 0.25) is 0 Å². The van der Waals surface area contributed by atoms with Crippen LogP contribution in [0.4, 0.5) is 75.0 Å². The van der Waals surface area contributed by atoms with Crippen LogP contribution in [0.15, 0.2) is 60.7 Å². The summed E-state index contributed by atoms with van der Waals surface area (Å²) in [6.45, 7) is 19.8. The average Bonchev–Trinajstić information content (AvgIpc) is 1.83. The van der Waals surface area contributed by atoms with Gasteiger partial charge >= 0.3 is 25.4 Å². The zero-order chi connectivity index (χ0) is 62.8. The lowest BCUT2D eigenvalue weighted by atomic mass is 9.76. The fourth-order valence-corrected chi connectivity index (χ4v) is 12.0. The molecule has 4 atom stereocenters. The molecule has 7 fully saturated rings. The smallest absolute Gasteiger partial charge is 0.399 e. The minimum absolute atomic E-state index is 0.0946. The van der Waals surface area contributed by atoms with Crippen molar-refractivity contribution in [3.05, 3.63) is 75.4 Å². The number of ether oxygens (including phenoxy) is 2. The van der Waals surface area contributed by atoms with Crippen molar-refractivity contribution in [3.8, 4) is 11.1 Å². The van der Waals surface area contributed by atoms with E-state index < -0.39 is 80.0 Å². The number of hydrogen-bond acceptors (Lipinski definition) is 14. The van der Waals surface area contributed by atoms with Gasteiger partial charge in [0.2, 0.25) is 0 Å². The van der Waals surface area contributed by atoms with Crippen molar-refractivity contribution in [2.75, 3.05) is 135 Å². The van der Waals surface area contributed by atoms with Gasteiger partial charge in [-0.1, -0.05) is 31.0 Å². The average molecular weight is 1340 g/mol. The van der Waals surface area contributed by atoms with Crippen molar-refractivity contribution in [1.82, 2.24) is 19.8 Å². The summed E-state index contributed by atoms with van der Waals surface area (Å²) in [5.74, 6) is -3.94. The van der Waals surface area contributed by atoms with E-state index in [1.807, 2.05) is 82.8 Å². The van der Waals surface area contributed by atoms with Gasteiger partial charge in [0.25, 0.3) is 11.8 Å². The largest absolute Gasteiger partial charge is 0.495 e. The van der Waals surface area contributed by atoms with Gasteiger partial charge in [-0.15, -0.1) is 0 Å². The van der Waals surface area contributed by atoms with Gasteiger partial charge in [-0.05, 0) is 159 Å². The maximum atomic E-state index is 14.2. The number of amides is 4. The molecule has 0 bridgehead atoms. The zero-order valence-corrected chi connectivity index (χ0v) is 52.4. The van der Waals surface area contributed by atoms with Crippen molar-refractivity contribution in [2.24, 2.45) is 11.8 Å². The summed E-state index contributed by atoms with van der Waals surface area (Å²) >= 11 is 2.15. The summed E-state index contributed by atoms with van der Waals surface area (Å²) < 4.78 is 117. The SMILES string of the molecule is CC[C@@H]1CCN(C(=O)Nc2ccc(C)c(-c3cc(N4CCOCC4)nc(N4CC(O)C(F)(F)C4)c3)c2)C1.Cc1ccc(NC(=O)N2CC[C@@H](CC(F)(F)F)C2)cc1B1OC(C)(C)C(C)(C)O1.OC1CN(c2cc(I)cc(N3CCOCC3)n2)CC1(F)F. The van der Waals surface area contributed by atoms with Gasteiger partial charge in [0.05, 0.1) is 63.8 Å². The summed E-state index contributed by atoms with van der Waals surface area (Å²) in [6.07, 6.45) is -5.97. The van der Waals surface area contributed by atoms with Crippen molar-refractivity contribution in [3.63, 3.8) is 0 Å². The topological polar surface area (TPSA) is 181 Å². The third-order valence-electron chi connectivity index (χ3n) is 17.5. The highest BCUT2D eigenvalue weighted by Gasteiger charge is 2.53. The van der Waals surface area contributed by atoms with Crippen LogP contribution in [-0.4, -0.2) is 196 Å². The fourth-order valence-electron chi connectivity index (χ4n) is 11.5. The first-order valence-corrected chi connectivity index (χ1v) is 30.8. The van der Waals surface area contributed by atoms with Crippen LogP contribution >= 0.6 is 22.6 Å². The van der Waals surface area contributed by atoms with E-state index in [1.54, 1.807) is 24.3 Å². The Kier molecular flexibility index (Phi) is 20.4. The molecule has 0 aliphatic carbocycles. The number of likely N-dealkylation sites (tertiary alicyclic amines) is 2. The number of aromatic nitrogens is 2. The van der Waals surface area contributed by atoms with E-state index in [0.29, 0.717) is 87.2 Å². The number of β-amino-alcohol motifs (C(OH)–C–C–N with tert-alkyl or cyclic N) is 2. The first kappa shape index (κ1) is 66.0. The Morgan fingerprint density at radius 1 is 0.632 bits per heavy atom. The molecule has 11 rings (SSSR count). The lowest BCUT2D eigenvalue weighted by Gasteiger charge is -2.32. The third kappa shape index (κ3) is 16.3. The number of benzene rings is 2. The number of alkyl halides is 7. The number of carbonyl (C=O) groups is 2. The van der Waals surface area contributed by atoms with Crippen LogP contribution < -0.4 is 35.7 Å². The number of aliphatic hydroxyl groups excluding tert-OH is 2. The fraction of sp³-hybridized carbons (Fsp3) is 0.600. The van der Waals surface area contributed by atoms with Gasteiger partial charge in [0, 0.05) is 73.7 Å². The molecule has 18 nitrogen and oxygen atoms in total. The van der Waals surface area contributed by atoms with Crippen molar-refractivity contribution in [2.45, 2.75) is 116 Å². The quantitative estimate of drug-likeness (QED) is 0.0670. The van der Waals surface area contributed by atoms with Gasteiger partial charge < -0.3 is 69.0 Å². The third-order valence-corrected chi connectivity index (χ3v) is 18.1. The number of nitrogens with zero attached hydrogens (tertiary/aromatic N) is 8. The Balaban J connectivity index is 0.000000162. The minimum Gasteiger partial charge on any atom is -0.399 e. The van der Waals surface area contributed by atoms with Gasteiger partial charge in [0.1, 0.15) is 35.5 Å². The molecule has 2 unspecified atom stereocenters. The Labute approximate surface area is 517 Å². The molecular formula is C60H79BF7IN10O8. The number of aliphatic hydroxyl groups is 2. The number of halogens is 8. The molecule has 7 saturated heterocycles. The highest BCUT2D eigenvalue weighted by atomic mass is 127. The van der Waals surface area contributed by atoms with E-state index in [-0.39, 0.29) is 25.7 Å². The number of aryl methyl sites for hydroxylation is 2. The Hall–Kier alpha value is -5.46. The predicted octanol–water partition coefficient (Wildman–Crippen LogP) is 9.41. The molecule has 9 heterocycles. The van der Waals surface area contributed by atoms with E-state index in [9.17, 15) is 50.5 Å². The lowest BCUT2D eigenvalue weighted by Crippen LogP contribution is -2.41. The number of morpholine rings is 2. The molecule has 7 aliphatic rings. The highest BCUT2D eigenvalue weighted by Crippen LogP contribution is 2.40. The van der Waals surface area contributed by atoms with Crippen LogP contribution in [0, 0.1) is 29.3 Å². The number of hydrogen-bond donors (Lipinski definition) is 4. The molecule has 476 valence electrons. The second kappa shape index (κ2) is 26.9. The monoisotopic (exact) mass is 1340 g/mol. The van der Waals surface area contributed by atoms with E-state index in [4.69, 9.17) is 23.8 Å². The van der Waals surface area contributed by atoms with Crippen molar-refractivity contribution in [1.29, 1.82) is 0 Å². The van der Waals surface area contributed by atoms with Crippen LogP contribution in [0.3, 0.4) is 0 Å². The standard InChI is InChI=1S/C27H35F2N5O3.C20H28BF3N2O3.C13H16F2IN3O2/c1-3-19-6-7-33(15-19)26(36)30-21-5-4-18(2)22(14-21)20-12-24(32-8-10-37-11-9-32)31-25(13-20)34-16-23(35)27(28,29)17-34;1-13-6-7-15(10-16(13)21-28-18(2,3)19(4,5)29-21)25-17(27)26-9-8-14(12-26)11-20(22,23)24;14-13(15)8-19(7-10(13)20)12-6-9(16)5-11(17-12)18-1-3-21-4-2-18/h4-5,12-14,19,23,35H,3,6-11,15-17H2,1-2H3,(H,30,36);6-7,10,14H,8-9,11-12H2,1-5H3,(H,25,27);5-6,10,20H,1-4,7-8H2/t19-,23?;14-;/m10./s1. The molecule has 4 N–H and O–H groups in total. The van der Waals surface area contributed by atoms with E-state index in [1.165, 1.54) is 14.7 Å². The Bertz CT molecular complexity index is 3050. The van der Waals surface area contributed by atoms with E-state index in [0.717, 1.165) is 76.1 Å². The normalized spacial score (nSPS) is 24.0. The molecule has 0 saturated carbocycles. The summed E-state index contributed by atoms with van der Waals surface area (Å²) in [7, 11) is -0.556. The van der Waals surface area contributed by atoms with Crippen molar-refractivity contribution >= 4 is 81.9 Å². The second-order valence-electron chi connectivity index (χ2n) is 24.6. The summed E-state index contributed by atoms with van der Waals surface area (Å²) in [5.41, 5.74) is 4.75. The number of nitrogens with one attached hydrogen (secondary N) is 2. The van der Waals surface area contributed by atoms with Crippen LogP contribution in [-0.2, 0) is 18.8 Å². The molecule has 2 aromatic carbocycles. The number of rotatable bonds is 10. The molecule has 4 amide bonds. The van der Waals surface area contributed by atoms with Crippen molar-refractivity contribution < 1.29 is 69.3 Å². The van der Waals surface area contributed by atoms with Crippen LogP contribution in [0.25, 0.3) is 11.1 Å². The van der Waals surface area contributed by atoms with Gasteiger partial charge in [0.15, 0.2) is 0 Å². The molecule has 2 aromatic heterocycles. The minimum atomic E-state index is -4.20. The van der Waals surface area contributed by atoms with Gasteiger partial charge in [-0.2, -0.15) is 13.2 Å². The summed E-state index contributed by atoms with van der Waals surface area (Å²) in [4.78, 5) is 44.9. The molecule has 4 aromatic rings. The first-order valence-electron chi connectivity index (χ1n) is 29.7. The Morgan fingerprint density at radius 3 is 1.53 bits per heavy atom. The summed E-state index contributed by atoms with van der Waals surface area (Å²) in [6, 6.07) is 18.1. The molecular weight excluding hydrogens is 1260 g/mol. The summed E-state index contributed by atoms with van der Waals surface area (Å²) in [5, 5.41) is 25.1. The maximum Gasteiger partial charge on any atom is 0.495 e. The van der Waals surface area contributed by atoms with Crippen LogP contribution in [0.1, 0.15) is 71.4 Å². The first-order chi connectivity index (χ1) is 41.0. The van der Waals surface area contributed by atoms with E-state index in [2.05, 4.69) is 54.9 Å². The van der Waals surface area contributed by atoms with Crippen LogP contribution in [0.5, 0.6) is 0 Å². The molecule has 27 heteroatoms. The number of anilines is 6. The predicted molar refractivity (Wildman–Crippen MR) is 329 cm³/mol. The molecule has 7 aliphatic heterocycles. The molecule has 0 radical (unpaired) electrons. The second-order valence-corrected chi connectivity index (χ2v) is 25.8. The zero-order valence-electron chi connectivity index (χ0n) is 50.2. The highest BCUT2D eigenvalue weighted by molar-refractivity contribution is 14.1.